The molecule has 7 heteroatoms. The lowest BCUT2D eigenvalue weighted by molar-refractivity contribution is 0.102. The highest BCUT2D eigenvalue weighted by molar-refractivity contribution is 7.84. The molecule has 0 aliphatic heterocycles. The number of carbonyl (C=O) groups is 1. The fourth-order valence-electron chi connectivity index (χ4n) is 4.28. The van der Waals surface area contributed by atoms with Crippen molar-refractivity contribution < 1.29 is 9.00 Å². The third-order valence-corrected chi connectivity index (χ3v) is 7.03. The molecule has 2 aromatic carbocycles. The third-order valence-electron chi connectivity index (χ3n) is 6.10. The van der Waals surface area contributed by atoms with Crippen molar-refractivity contribution in [2.45, 2.75) is 38.0 Å². The Morgan fingerprint density at radius 2 is 1.94 bits per heavy atom. The van der Waals surface area contributed by atoms with Gasteiger partial charge in [-0.25, -0.2) is 5.01 Å². The summed E-state index contributed by atoms with van der Waals surface area (Å²) in [6, 6.07) is 17.1. The van der Waals surface area contributed by atoms with Gasteiger partial charge in [-0.2, -0.15) is 5.10 Å². The smallest absolute Gasteiger partial charge is 0.257 e. The standard InChI is InChI=1S/C27H28N4O2S/c1-5-19-8-9-20-10-11-21(30-27(32)24-7-6-16-29-18(24)2)17-25(20)26(19)31(28-3)22-12-14-23(15-13-22)34(4)33/h6-7,10-17H,3,5,8-9H2,1-2,4H3,(H,30,32). The summed E-state index contributed by atoms with van der Waals surface area (Å²) in [5.41, 5.74) is 7.27. The number of carbonyl (C=O) groups excluding carboxylic acids is 1. The largest absolute Gasteiger partial charge is 0.322 e. The SMILES string of the molecule is C=NN(C1=C(CC)CCc2ccc(NC(=O)c3cccnc3C)cc21)c1ccc(S(C)=O)cc1. The summed E-state index contributed by atoms with van der Waals surface area (Å²) in [5, 5.41) is 9.22. The van der Waals surface area contributed by atoms with Crippen LogP contribution in [0.1, 0.15) is 46.9 Å². The molecule has 6 nitrogen and oxygen atoms in total. The van der Waals surface area contributed by atoms with Crippen molar-refractivity contribution in [3.05, 3.63) is 88.8 Å². The summed E-state index contributed by atoms with van der Waals surface area (Å²) in [7, 11) is -1.05. The first-order valence-electron chi connectivity index (χ1n) is 11.2. The van der Waals surface area contributed by atoms with E-state index >= 15 is 0 Å². The number of rotatable bonds is 7. The second-order valence-electron chi connectivity index (χ2n) is 8.17. The number of allylic oxidation sites excluding steroid dienone is 1. The molecule has 0 fully saturated rings. The Morgan fingerprint density at radius 3 is 2.59 bits per heavy atom. The maximum Gasteiger partial charge on any atom is 0.257 e. The average Bonchev–Trinajstić information content (AvgIpc) is 2.85. The topological polar surface area (TPSA) is 74.7 Å². The molecule has 1 heterocycles. The third kappa shape index (κ3) is 4.70. The van der Waals surface area contributed by atoms with E-state index in [0.717, 1.165) is 41.1 Å². The van der Waals surface area contributed by atoms with E-state index in [2.05, 4.69) is 35.1 Å². The van der Waals surface area contributed by atoms with Crippen LogP contribution in [0.2, 0.25) is 0 Å². The molecule has 174 valence electrons. The summed E-state index contributed by atoms with van der Waals surface area (Å²) in [6.07, 6.45) is 6.08. The van der Waals surface area contributed by atoms with Crippen molar-refractivity contribution in [2.24, 2.45) is 5.10 Å². The number of hydrogen-bond donors (Lipinski definition) is 1. The molecular weight excluding hydrogens is 444 g/mol. The molecule has 3 aromatic rings. The lowest BCUT2D eigenvalue weighted by Crippen LogP contribution is -2.21. The second-order valence-corrected chi connectivity index (χ2v) is 9.55. The van der Waals surface area contributed by atoms with E-state index in [0.29, 0.717) is 16.9 Å². The van der Waals surface area contributed by atoms with E-state index in [1.165, 1.54) is 11.1 Å². The number of pyridine rings is 1. The zero-order valence-electron chi connectivity index (χ0n) is 19.7. The van der Waals surface area contributed by atoms with E-state index in [-0.39, 0.29) is 5.91 Å². The number of nitrogens with zero attached hydrogens (tertiary/aromatic N) is 3. The average molecular weight is 473 g/mol. The number of benzene rings is 2. The number of aryl methyl sites for hydroxylation is 2. The van der Waals surface area contributed by atoms with Gasteiger partial charge < -0.3 is 5.32 Å². The molecule has 1 atom stereocenters. The molecule has 4 rings (SSSR count). The molecule has 0 saturated heterocycles. The van der Waals surface area contributed by atoms with Crippen LogP contribution in [0.3, 0.4) is 0 Å². The Labute approximate surface area is 202 Å². The number of amides is 1. The van der Waals surface area contributed by atoms with Gasteiger partial charge in [0.2, 0.25) is 0 Å². The second kappa shape index (κ2) is 10.1. The van der Waals surface area contributed by atoms with Gasteiger partial charge in [0.25, 0.3) is 5.91 Å². The minimum atomic E-state index is -1.05. The van der Waals surface area contributed by atoms with Crippen molar-refractivity contribution in [3.63, 3.8) is 0 Å². The fraction of sp³-hybridized carbons (Fsp3) is 0.222. The Kier molecular flexibility index (Phi) is 7.03. The quantitative estimate of drug-likeness (QED) is 0.360. The van der Waals surface area contributed by atoms with E-state index < -0.39 is 10.8 Å². The molecule has 1 aliphatic carbocycles. The molecule has 0 radical (unpaired) electrons. The van der Waals surface area contributed by atoms with Gasteiger partial charge in [-0.3, -0.25) is 14.0 Å². The zero-order chi connectivity index (χ0) is 24.2. The summed E-state index contributed by atoms with van der Waals surface area (Å²) in [4.78, 5) is 17.9. The summed E-state index contributed by atoms with van der Waals surface area (Å²) in [6.45, 7) is 7.80. The number of hydrogen-bond acceptors (Lipinski definition) is 5. The summed E-state index contributed by atoms with van der Waals surface area (Å²) >= 11 is 0. The van der Waals surface area contributed by atoms with Crippen molar-refractivity contribution >= 4 is 40.5 Å². The number of fused-ring (bicyclic) bond motifs is 1. The maximum atomic E-state index is 12.9. The Hall–Kier alpha value is -3.58. The molecule has 0 bridgehead atoms. The molecule has 1 N–H and O–H groups in total. The van der Waals surface area contributed by atoms with Gasteiger partial charge in [0, 0.05) is 51.8 Å². The van der Waals surface area contributed by atoms with Crippen molar-refractivity contribution in [1.29, 1.82) is 0 Å². The van der Waals surface area contributed by atoms with Gasteiger partial charge in [0.1, 0.15) is 0 Å². The van der Waals surface area contributed by atoms with Gasteiger partial charge in [-0.05, 0) is 85.9 Å². The molecule has 0 spiro atoms. The highest BCUT2D eigenvalue weighted by Crippen LogP contribution is 2.39. The van der Waals surface area contributed by atoms with Crippen molar-refractivity contribution in [3.8, 4) is 0 Å². The van der Waals surface area contributed by atoms with Gasteiger partial charge in [0.15, 0.2) is 0 Å². The van der Waals surface area contributed by atoms with Gasteiger partial charge >= 0.3 is 0 Å². The number of aromatic nitrogens is 1. The zero-order valence-corrected chi connectivity index (χ0v) is 20.5. The molecule has 1 unspecified atom stereocenters. The molecule has 34 heavy (non-hydrogen) atoms. The van der Waals surface area contributed by atoms with E-state index in [1.54, 1.807) is 24.6 Å². The first-order valence-corrected chi connectivity index (χ1v) is 12.8. The van der Waals surface area contributed by atoms with Gasteiger partial charge in [0.05, 0.1) is 16.9 Å². The van der Waals surface area contributed by atoms with Crippen LogP contribution in [0.15, 0.2) is 76.4 Å². The van der Waals surface area contributed by atoms with Crippen LogP contribution in [0.5, 0.6) is 0 Å². The molecule has 1 aliphatic rings. The van der Waals surface area contributed by atoms with Crippen LogP contribution in [-0.4, -0.2) is 28.1 Å². The van der Waals surface area contributed by atoms with E-state index in [4.69, 9.17) is 0 Å². The van der Waals surface area contributed by atoms with Crippen LogP contribution in [0, 0.1) is 6.92 Å². The predicted molar refractivity (Wildman–Crippen MR) is 140 cm³/mol. The van der Waals surface area contributed by atoms with Crippen LogP contribution >= 0.6 is 0 Å². The van der Waals surface area contributed by atoms with Crippen molar-refractivity contribution in [2.75, 3.05) is 16.6 Å². The highest BCUT2D eigenvalue weighted by atomic mass is 32.2. The fourth-order valence-corrected chi connectivity index (χ4v) is 4.80. The molecule has 1 aromatic heterocycles. The predicted octanol–water partition coefficient (Wildman–Crippen LogP) is 5.57. The van der Waals surface area contributed by atoms with Gasteiger partial charge in [-0.15, -0.1) is 0 Å². The Balaban J connectivity index is 1.73. The molecule has 0 saturated carbocycles. The first-order chi connectivity index (χ1) is 16.4. The number of nitrogens with one attached hydrogen (secondary N) is 1. The minimum Gasteiger partial charge on any atom is -0.322 e. The highest BCUT2D eigenvalue weighted by Gasteiger charge is 2.25. The Bertz CT molecular complexity index is 1300. The summed E-state index contributed by atoms with van der Waals surface area (Å²) < 4.78 is 11.8. The first kappa shape index (κ1) is 23.6. The lowest BCUT2D eigenvalue weighted by Gasteiger charge is -2.30. The van der Waals surface area contributed by atoms with Crippen LogP contribution in [0.4, 0.5) is 11.4 Å². The van der Waals surface area contributed by atoms with Crippen LogP contribution in [0.25, 0.3) is 5.70 Å². The number of anilines is 2. The lowest BCUT2D eigenvalue weighted by atomic mass is 9.87. The van der Waals surface area contributed by atoms with Crippen LogP contribution in [-0.2, 0) is 17.2 Å². The number of hydrazone groups is 1. The molecule has 1 amide bonds. The summed E-state index contributed by atoms with van der Waals surface area (Å²) in [5.74, 6) is -0.190. The molecular formula is C27H28N4O2S. The van der Waals surface area contributed by atoms with Crippen molar-refractivity contribution in [1.82, 2.24) is 4.98 Å². The Morgan fingerprint density at radius 1 is 1.18 bits per heavy atom. The maximum absolute atomic E-state index is 12.9. The monoisotopic (exact) mass is 472 g/mol. The minimum absolute atomic E-state index is 0.190. The van der Waals surface area contributed by atoms with Crippen LogP contribution < -0.4 is 10.3 Å². The van der Waals surface area contributed by atoms with E-state index in [1.807, 2.05) is 48.3 Å². The van der Waals surface area contributed by atoms with E-state index in [9.17, 15) is 9.00 Å². The van der Waals surface area contributed by atoms with Gasteiger partial charge in [-0.1, -0.05) is 13.0 Å². The normalized spacial score (nSPS) is 13.7.